The second-order valence-electron chi connectivity index (χ2n) is 5.85. The van der Waals surface area contributed by atoms with Gasteiger partial charge in [0.15, 0.2) is 11.5 Å². The van der Waals surface area contributed by atoms with Crippen molar-refractivity contribution in [2.75, 3.05) is 19.0 Å². The minimum Gasteiger partial charge on any atom is -0.490 e. The predicted octanol–water partition coefficient (Wildman–Crippen LogP) is 4.64. The van der Waals surface area contributed by atoms with Gasteiger partial charge in [0.1, 0.15) is 0 Å². The van der Waals surface area contributed by atoms with E-state index in [0.29, 0.717) is 24.9 Å². The summed E-state index contributed by atoms with van der Waals surface area (Å²) < 4.78 is 12.2. The first-order chi connectivity index (χ1) is 11.4. The Bertz CT molecular complexity index is 537. The summed E-state index contributed by atoms with van der Waals surface area (Å²) in [7, 11) is 0. The van der Waals surface area contributed by atoms with Gasteiger partial charge < -0.3 is 14.8 Å². The Morgan fingerprint density at radius 3 is 2.29 bits per heavy atom. The van der Waals surface area contributed by atoms with Gasteiger partial charge in [-0.05, 0) is 44.4 Å². The third-order valence-electron chi connectivity index (χ3n) is 3.59. The van der Waals surface area contributed by atoms with Gasteiger partial charge in [-0.15, -0.1) is 11.8 Å². The zero-order valence-corrected chi connectivity index (χ0v) is 17.6. The average Bonchev–Trinajstić information content (AvgIpc) is 2.51. The third-order valence-corrected chi connectivity index (χ3v) is 5.31. The molecule has 1 amide bonds. The van der Waals surface area contributed by atoms with E-state index in [2.05, 4.69) is 35.1 Å². The van der Waals surface area contributed by atoms with Crippen molar-refractivity contribution in [2.24, 2.45) is 5.92 Å². The second kappa shape index (κ2) is 10.9. The topological polar surface area (TPSA) is 47.6 Å². The molecule has 0 aliphatic heterocycles. The molecule has 0 aliphatic rings. The van der Waals surface area contributed by atoms with Crippen molar-refractivity contribution in [1.82, 2.24) is 5.32 Å². The quantitative estimate of drug-likeness (QED) is 0.602. The molecule has 0 spiro atoms. The standard InChI is InChI=1S/C18H28BrNO3S/c1-6-22-16-8-14(15(19)9-17(16)23-7-2)10-24-11-18(21)20-13(5)12(3)4/h8-9,12-13H,6-7,10-11H2,1-5H3,(H,20,21)/t13-/m0/s1. The van der Waals surface area contributed by atoms with Crippen LogP contribution >= 0.6 is 27.7 Å². The summed E-state index contributed by atoms with van der Waals surface area (Å²) in [6, 6.07) is 4.12. The highest BCUT2D eigenvalue weighted by molar-refractivity contribution is 9.10. The molecule has 136 valence electrons. The lowest BCUT2D eigenvalue weighted by Crippen LogP contribution is -2.37. The Kier molecular flexibility index (Phi) is 9.59. The molecule has 6 heteroatoms. The van der Waals surface area contributed by atoms with Crippen LogP contribution in [0.15, 0.2) is 16.6 Å². The molecule has 0 fully saturated rings. The Labute approximate surface area is 158 Å². The highest BCUT2D eigenvalue weighted by atomic mass is 79.9. The molecule has 1 aromatic carbocycles. The maximum atomic E-state index is 12.0. The number of hydrogen-bond donors (Lipinski definition) is 1. The van der Waals surface area contributed by atoms with E-state index in [9.17, 15) is 4.79 Å². The molecule has 1 aromatic rings. The van der Waals surface area contributed by atoms with Crippen LogP contribution in [-0.4, -0.2) is 30.9 Å². The maximum absolute atomic E-state index is 12.0. The van der Waals surface area contributed by atoms with E-state index in [1.54, 1.807) is 11.8 Å². The van der Waals surface area contributed by atoms with Gasteiger partial charge >= 0.3 is 0 Å². The number of carbonyl (C=O) groups excluding carboxylic acids is 1. The fraction of sp³-hybridized carbons (Fsp3) is 0.611. The van der Waals surface area contributed by atoms with Crippen LogP contribution in [0.5, 0.6) is 11.5 Å². The molecule has 1 atom stereocenters. The largest absolute Gasteiger partial charge is 0.490 e. The molecule has 0 aromatic heterocycles. The molecule has 0 aliphatic carbocycles. The van der Waals surface area contributed by atoms with E-state index in [1.165, 1.54) is 0 Å². The summed E-state index contributed by atoms with van der Waals surface area (Å²) in [5.74, 6) is 3.18. The van der Waals surface area contributed by atoms with Crippen LogP contribution in [0, 0.1) is 5.92 Å². The van der Waals surface area contributed by atoms with Crippen molar-refractivity contribution >= 4 is 33.6 Å². The van der Waals surface area contributed by atoms with Gasteiger partial charge in [0.2, 0.25) is 5.91 Å². The van der Waals surface area contributed by atoms with Crippen LogP contribution in [0.25, 0.3) is 0 Å². The van der Waals surface area contributed by atoms with E-state index < -0.39 is 0 Å². The summed E-state index contributed by atoms with van der Waals surface area (Å²) in [6.45, 7) is 11.3. The smallest absolute Gasteiger partial charge is 0.230 e. The molecule has 0 radical (unpaired) electrons. The van der Waals surface area contributed by atoms with Crippen molar-refractivity contribution in [3.8, 4) is 11.5 Å². The molecular weight excluding hydrogens is 390 g/mol. The number of carbonyl (C=O) groups is 1. The van der Waals surface area contributed by atoms with Crippen molar-refractivity contribution in [1.29, 1.82) is 0 Å². The summed E-state index contributed by atoms with van der Waals surface area (Å²) >= 11 is 5.17. The van der Waals surface area contributed by atoms with Gasteiger partial charge in [0.25, 0.3) is 0 Å². The monoisotopic (exact) mass is 417 g/mol. The van der Waals surface area contributed by atoms with E-state index in [0.717, 1.165) is 27.3 Å². The van der Waals surface area contributed by atoms with Crippen LogP contribution in [0.3, 0.4) is 0 Å². The van der Waals surface area contributed by atoms with E-state index in [1.807, 2.05) is 32.9 Å². The fourth-order valence-corrected chi connectivity index (χ4v) is 3.42. The zero-order chi connectivity index (χ0) is 18.1. The van der Waals surface area contributed by atoms with E-state index in [-0.39, 0.29) is 11.9 Å². The number of nitrogens with one attached hydrogen (secondary N) is 1. The van der Waals surface area contributed by atoms with Crippen LogP contribution in [0.1, 0.15) is 40.2 Å². The summed E-state index contributed by atoms with van der Waals surface area (Å²) in [4.78, 5) is 12.0. The summed E-state index contributed by atoms with van der Waals surface area (Å²) in [5, 5.41) is 3.02. The molecule has 4 nitrogen and oxygen atoms in total. The van der Waals surface area contributed by atoms with Crippen molar-refractivity contribution < 1.29 is 14.3 Å². The number of hydrogen-bond acceptors (Lipinski definition) is 4. The van der Waals surface area contributed by atoms with Gasteiger partial charge in [-0.1, -0.05) is 29.8 Å². The molecule has 1 rings (SSSR count). The second-order valence-corrected chi connectivity index (χ2v) is 7.69. The Hall–Kier alpha value is -0.880. The van der Waals surface area contributed by atoms with Crippen molar-refractivity contribution in [3.05, 3.63) is 22.2 Å². The lowest BCUT2D eigenvalue weighted by atomic mass is 10.1. The van der Waals surface area contributed by atoms with Crippen LogP contribution < -0.4 is 14.8 Å². The van der Waals surface area contributed by atoms with Crippen LogP contribution in [0.2, 0.25) is 0 Å². The number of halogens is 1. The highest BCUT2D eigenvalue weighted by Gasteiger charge is 2.13. The number of ether oxygens (including phenoxy) is 2. The van der Waals surface area contributed by atoms with Gasteiger partial charge in [-0.2, -0.15) is 0 Å². The molecule has 0 heterocycles. The Balaban J connectivity index is 2.64. The maximum Gasteiger partial charge on any atom is 0.230 e. The Morgan fingerprint density at radius 2 is 1.75 bits per heavy atom. The van der Waals surface area contributed by atoms with Crippen molar-refractivity contribution in [3.63, 3.8) is 0 Å². The van der Waals surface area contributed by atoms with Gasteiger partial charge in [-0.25, -0.2) is 0 Å². The van der Waals surface area contributed by atoms with E-state index >= 15 is 0 Å². The molecule has 1 N–H and O–H groups in total. The van der Waals surface area contributed by atoms with Gasteiger partial charge in [-0.3, -0.25) is 4.79 Å². The number of thioether (sulfide) groups is 1. The summed E-state index contributed by atoms with van der Waals surface area (Å²) in [5.41, 5.74) is 1.09. The lowest BCUT2D eigenvalue weighted by Gasteiger charge is -2.17. The van der Waals surface area contributed by atoms with Gasteiger partial charge in [0.05, 0.1) is 19.0 Å². The molecule has 0 bridgehead atoms. The minimum atomic E-state index is 0.0771. The Morgan fingerprint density at radius 1 is 1.17 bits per heavy atom. The number of benzene rings is 1. The highest BCUT2D eigenvalue weighted by Crippen LogP contribution is 2.35. The average molecular weight is 418 g/mol. The molecule has 0 saturated carbocycles. The zero-order valence-electron chi connectivity index (χ0n) is 15.1. The normalized spacial score (nSPS) is 12.1. The van der Waals surface area contributed by atoms with Crippen LogP contribution in [-0.2, 0) is 10.5 Å². The summed E-state index contributed by atoms with van der Waals surface area (Å²) in [6.07, 6.45) is 0. The fourth-order valence-electron chi connectivity index (χ4n) is 1.94. The molecule has 0 unspecified atom stereocenters. The van der Waals surface area contributed by atoms with E-state index in [4.69, 9.17) is 9.47 Å². The molecule has 0 saturated heterocycles. The first-order valence-electron chi connectivity index (χ1n) is 8.34. The predicted molar refractivity (Wildman–Crippen MR) is 105 cm³/mol. The first-order valence-corrected chi connectivity index (χ1v) is 10.3. The molecular formula is C18H28BrNO3S. The SMILES string of the molecule is CCOc1cc(Br)c(CSCC(=O)N[C@@H](C)C(C)C)cc1OCC. The van der Waals surface area contributed by atoms with Crippen molar-refractivity contribution in [2.45, 2.75) is 46.4 Å². The number of amides is 1. The van der Waals surface area contributed by atoms with Crippen LogP contribution in [0.4, 0.5) is 0 Å². The molecule has 24 heavy (non-hydrogen) atoms. The third kappa shape index (κ3) is 6.93. The first kappa shape index (κ1) is 21.2. The van der Waals surface area contributed by atoms with Gasteiger partial charge in [0, 0.05) is 16.3 Å². The lowest BCUT2D eigenvalue weighted by molar-refractivity contribution is -0.119. The number of rotatable bonds is 10. The minimum absolute atomic E-state index is 0.0771.